The summed E-state index contributed by atoms with van der Waals surface area (Å²) in [4.78, 5) is 16.3. The summed E-state index contributed by atoms with van der Waals surface area (Å²) in [5, 5.41) is 22.4. The van der Waals surface area contributed by atoms with Crippen LogP contribution in [0.2, 0.25) is 0 Å². The van der Waals surface area contributed by atoms with Gasteiger partial charge in [0.1, 0.15) is 11.1 Å². The molecule has 7 heteroatoms. The highest BCUT2D eigenvalue weighted by atomic mass is 32.1. The number of aliphatic hydroxyl groups excluding tert-OH is 1. The number of nitrogens with one attached hydrogen (secondary N) is 1. The van der Waals surface area contributed by atoms with E-state index in [0.717, 1.165) is 9.88 Å². The van der Waals surface area contributed by atoms with Gasteiger partial charge < -0.3 is 5.11 Å². The van der Waals surface area contributed by atoms with Crippen LogP contribution in [0, 0.1) is 0 Å². The van der Waals surface area contributed by atoms with E-state index >= 15 is 0 Å². The Labute approximate surface area is 105 Å². The molecule has 0 aliphatic heterocycles. The second-order valence-electron chi connectivity index (χ2n) is 3.32. The van der Waals surface area contributed by atoms with Gasteiger partial charge in [-0.05, 0) is 11.4 Å². The highest BCUT2D eigenvalue weighted by Crippen LogP contribution is 2.28. The number of hydrogen-bond donors (Lipinski definition) is 3. The third kappa shape index (κ3) is 2.89. The molecule has 0 unspecified atom stereocenters. The van der Waals surface area contributed by atoms with Crippen molar-refractivity contribution in [3.05, 3.63) is 28.6 Å². The van der Waals surface area contributed by atoms with Crippen molar-refractivity contribution in [3.63, 3.8) is 0 Å². The van der Waals surface area contributed by atoms with Crippen molar-refractivity contribution < 1.29 is 15.1 Å². The van der Waals surface area contributed by atoms with Gasteiger partial charge in [0, 0.05) is 11.8 Å². The van der Waals surface area contributed by atoms with Gasteiger partial charge in [0.25, 0.3) is 5.91 Å². The van der Waals surface area contributed by atoms with Crippen molar-refractivity contribution in [1.29, 1.82) is 0 Å². The first-order valence-corrected chi connectivity index (χ1v) is 6.57. The Morgan fingerprint density at radius 3 is 3.00 bits per heavy atom. The van der Waals surface area contributed by atoms with Gasteiger partial charge in [-0.3, -0.25) is 10.0 Å². The van der Waals surface area contributed by atoms with E-state index < -0.39 is 12.0 Å². The number of rotatable bonds is 4. The van der Waals surface area contributed by atoms with Crippen molar-refractivity contribution in [2.24, 2.45) is 0 Å². The van der Waals surface area contributed by atoms with E-state index in [4.69, 9.17) is 5.21 Å². The molecular formula is C10H10N2O3S2. The zero-order chi connectivity index (χ0) is 12.3. The fourth-order valence-electron chi connectivity index (χ4n) is 1.28. The second kappa shape index (κ2) is 5.37. The molecule has 2 rings (SSSR count). The van der Waals surface area contributed by atoms with Gasteiger partial charge in [0.2, 0.25) is 0 Å². The summed E-state index contributed by atoms with van der Waals surface area (Å²) < 4.78 is 0. The minimum absolute atomic E-state index is 0.0915. The standard InChI is InChI=1S/C10H10N2O3S2/c13-7(9(14)12-15)4-6-5-17-10(11-6)8-2-1-3-16-8/h1-3,5,7,13,15H,4H2,(H,12,14)/t7-/m0/s1. The molecule has 0 bridgehead atoms. The van der Waals surface area contributed by atoms with Crippen LogP contribution in [0.4, 0.5) is 0 Å². The SMILES string of the molecule is O=C(NO)[C@@H](O)Cc1csc(-c2cccs2)n1. The number of aromatic nitrogens is 1. The van der Waals surface area contributed by atoms with Crippen LogP contribution < -0.4 is 5.48 Å². The van der Waals surface area contributed by atoms with E-state index in [0.29, 0.717) is 5.69 Å². The fourth-order valence-corrected chi connectivity index (χ4v) is 2.93. The number of carbonyl (C=O) groups is 1. The summed E-state index contributed by atoms with van der Waals surface area (Å²) in [5.41, 5.74) is 2.04. The van der Waals surface area contributed by atoms with Crippen LogP contribution >= 0.6 is 22.7 Å². The van der Waals surface area contributed by atoms with E-state index in [1.807, 2.05) is 17.5 Å². The first-order valence-electron chi connectivity index (χ1n) is 4.81. The third-order valence-electron chi connectivity index (χ3n) is 2.10. The Morgan fingerprint density at radius 1 is 1.53 bits per heavy atom. The Kier molecular flexibility index (Phi) is 3.85. The zero-order valence-electron chi connectivity index (χ0n) is 8.66. The van der Waals surface area contributed by atoms with Crippen molar-refractivity contribution in [1.82, 2.24) is 10.5 Å². The molecule has 90 valence electrons. The number of carbonyl (C=O) groups excluding carboxylic acids is 1. The summed E-state index contributed by atoms with van der Waals surface area (Å²) in [6.45, 7) is 0. The molecule has 2 aromatic rings. The molecule has 2 heterocycles. The molecule has 1 amide bonds. The summed E-state index contributed by atoms with van der Waals surface area (Å²) in [7, 11) is 0. The van der Waals surface area contributed by atoms with Crippen LogP contribution in [0.1, 0.15) is 5.69 Å². The number of nitrogens with zero attached hydrogens (tertiary/aromatic N) is 1. The predicted octanol–water partition coefficient (Wildman–Crippen LogP) is 1.28. The number of amides is 1. The highest BCUT2D eigenvalue weighted by molar-refractivity contribution is 7.20. The molecule has 0 radical (unpaired) electrons. The minimum atomic E-state index is -1.28. The van der Waals surface area contributed by atoms with Crippen LogP contribution in [0.3, 0.4) is 0 Å². The largest absolute Gasteiger partial charge is 0.383 e. The van der Waals surface area contributed by atoms with Gasteiger partial charge in [-0.25, -0.2) is 10.5 Å². The van der Waals surface area contributed by atoms with E-state index in [1.165, 1.54) is 16.8 Å². The molecular weight excluding hydrogens is 260 g/mol. The first-order chi connectivity index (χ1) is 8.20. The molecule has 17 heavy (non-hydrogen) atoms. The average Bonchev–Trinajstić information content (AvgIpc) is 2.97. The number of hydroxylamine groups is 1. The maximum absolute atomic E-state index is 10.9. The lowest BCUT2D eigenvalue weighted by atomic mass is 10.2. The van der Waals surface area contributed by atoms with Crippen LogP contribution in [0.5, 0.6) is 0 Å². The molecule has 0 saturated carbocycles. The molecule has 0 fully saturated rings. The van der Waals surface area contributed by atoms with Crippen molar-refractivity contribution in [2.45, 2.75) is 12.5 Å². The van der Waals surface area contributed by atoms with Gasteiger partial charge in [-0.2, -0.15) is 0 Å². The van der Waals surface area contributed by atoms with Crippen molar-refractivity contribution in [3.8, 4) is 9.88 Å². The quantitative estimate of drug-likeness (QED) is 0.577. The Bertz CT molecular complexity index is 495. The summed E-state index contributed by atoms with van der Waals surface area (Å²) >= 11 is 3.05. The smallest absolute Gasteiger partial charge is 0.272 e. The van der Waals surface area contributed by atoms with E-state index in [-0.39, 0.29) is 6.42 Å². The van der Waals surface area contributed by atoms with Crippen LogP contribution in [-0.4, -0.2) is 27.3 Å². The Hall–Kier alpha value is -1.28. The van der Waals surface area contributed by atoms with E-state index in [2.05, 4.69) is 4.98 Å². The molecule has 0 saturated heterocycles. The predicted molar refractivity (Wildman–Crippen MR) is 65.1 cm³/mol. The molecule has 2 aromatic heterocycles. The van der Waals surface area contributed by atoms with E-state index in [9.17, 15) is 9.90 Å². The zero-order valence-corrected chi connectivity index (χ0v) is 10.3. The van der Waals surface area contributed by atoms with E-state index in [1.54, 1.807) is 16.7 Å². The molecule has 0 spiro atoms. The van der Waals surface area contributed by atoms with Crippen LogP contribution in [0.15, 0.2) is 22.9 Å². The Morgan fingerprint density at radius 2 is 2.35 bits per heavy atom. The maximum Gasteiger partial charge on any atom is 0.272 e. The number of hydrogen-bond acceptors (Lipinski definition) is 6. The second-order valence-corrected chi connectivity index (χ2v) is 5.12. The number of thiophene rings is 1. The average molecular weight is 270 g/mol. The van der Waals surface area contributed by atoms with Gasteiger partial charge in [0.05, 0.1) is 10.6 Å². The van der Waals surface area contributed by atoms with Crippen LogP contribution in [0.25, 0.3) is 9.88 Å². The molecule has 0 aromatic carbocycles. The fraction of sp³-hybridized carbons (Fsp3) is 0.200. The summed E-state index contributed by atoms with van der Waals surface area (Å²) in [5.74, 6) is -0.823. The maximum atomic E-state index is 10.9. The monoisotopic (exact) mass is 270 g/mol. The number of thiazole rings is 1. The molecule has 5 nitrogen and oxygen atoms in total. The lowest BCUT2D eigenvalue weighted by Gasteiger charge is -2.05. The van der Waals surface area contributed by atoms with Gasteiger partial charge in [-0.15, -0.1) is 22.7 Å². The first kappa shape index (κ1) is 12.2. The third-order valence-corrected chi connectivity index (χ3v) is 4.03. The van der Waals surface area contributed by atoms with Gasteiger partial charge >= 0.3 is 0 Å². The summed E-state index contributed by atoms with van der Waals surface area (Å²) in [6, 6.07) is 3.90. The Balaban J connectivity index is 2.06. The van der Waals surface area contributed by atoms with Gasteiger partial charge in [-0.1, -0.05) is 6.07 Å². The molecule has 1 atom stereocenters. The molecule has 0 aliphatic rings. The minimum Gasteiger partial charge on any atom is -0.383 e. The van der Waals surface area contributed by atoms with Crippen molar-refractivity contribution in [2.75, 3.05) is 0 Å². The van der Waals surface area contributed by atoms with Crippen molar-refractivity contribution >= 4 is 28.6 Å². The normalized spacial score (nSPS) is 12.4. The number of aliphatic hydroxyl groups is 1. The molecule has 0 aliphatic carbocycles. The molecule has 3 N–H and O–H groups in total. The lowest BCUT2D eigenvalue weighted by molar-refractivity contribution is -0.137. The highest BCUT2D eigenvalue weighted by Gasteiger charge is 2.16. The topological polar surface area (TPSA) is 82.5 Å². The van der Waals surface area contributed by atoms with Gasteiger partial charge in [0.15, 0.2) is 0 Å². The summed E-state index contributed by atoms with van der Waals surface area (Å²) in [6.07, 6.45) is -1.19. The lowest BCUT2D eigenvalue weighted by Crippen LogP contribution is -2.33. The van der Waals surface area contributed by atoms with Crippen LogP contribution in [-0.2, 0) is 11.2 Å².